The third-order valence-corrected chi connectivity index (χ3v) is 3.58. The van der Waals surface area contributed by atoms with Crippen LogP contribution < -0.4 is 0 Å². The quantitative estimate of drug-likeness (QED) is 0.517. The summed E-state index contributed by atoms with van der Waals surface area (Å²) in [5, 5.41) is 0. The average molecular weight is 232 g/mol. The van der Waals surface area contributed by atoms with Gasteiger partial charge in [-0.25, -0.2) is 0 Å². The Balaban J connectivity index is 2.12. The minimum Gasteiger partial charge on any atom is -0.0654 e. The summed E-state index contributed by atoms with van der Waals surface area (Å²) in [4.78, 5) is 0. The van der Waals surface area contributed by atoms with Crippen molar-refractivity contribution in [3.63, 3.8) is 0 Å². The fraction of sp³-hybridized carbons (Fsp3) is 0.647. The van der Waals surface area contributed by atoms with Gasteiger partial charge in [-0.3, -0.25) is 0 Å². The van der Waals surface area contributed by atoms with Crippen molar-refractivity contribution in [2.24, 2.45) is 5.92 Å². The monoisotopic (exact) mass is 232 g/mol. The molecule has 0 amide bonds. The van der Waals surface area contributed by atoms with E-state index in [2.05, 4.69) is 45.0 Å². The normalized spacial score (nSPS) is 12.6. The van der Waals surface area contributed by atoms with Gasteiger partial charge in [-0.1, -0.05) is 75.8 Å². The lowest BCUT2D eigenvalue weighted by Crippen LogP contribution is -1.96. The Morgan fingerprint density at radius 1 is 0.941 bits per heavy atom. The van der Waals surface area contributed by atoms with Gasteiger partial charge in [0.2, 0.25) is 0 Å². The highest BCUT2D eigenvalue weighted by molar-refractivity contribution is 5.21. The summed E-state index contributed by atoms with van der Waals surface area (Å²) in [6.07, 6.45) is 9.56. The molecule has 17 heavy (non-hydrogen) atoms. The Morgan fingerprint density at radius 2 is 1.59 bits per heavy atom. The first kappa shape index (κ1) is 14.3. The maximum Gasteiger partial charge on any atom is -0.0279 e. The van der Waals surface area contributed by atoms with Gasteiger partial charge in [0.15, 0.2) is 0 Å². The summed E-state index contributed by atoms with van der Waals surface area (Å²) in [5.74, 6) is 0.909. The highest BCUT2D eigenvalue weighted by atomic mass is 14.1. The number of rotatable bonds is 8. The lowest BCUT2D eigenvalue weighted by molar-refractivity contribution is 0.450. The molecule has 0 aliphatic heterocycles. The molecule has 0 saturated heterocycles. The van der Waals surface area contributed by atoms with E-state index in [1.807, 2.05) is 0 Å². The van der Waals surface area contributed by atoms with Crippen molar-refractivity contribution >= 4 is 0 Å². The van der Waals surface area contributed by atoms with Crippen LogP contribution in [0.25, 0.3) is 0 Å². The lowest BCUT2D eigenvalue weighted by atomic mass is 9.96. The largest absolute Gasteiger partial charge is 0.0654 e. The average Bonchev–Trinajstić information content (AvgIpc) is 2.32. The van der Waals surface area contributed by atoms with Gasteiger partial charge in [0.25, 0.3) is 0 Å². The molecule has 96 valence electrons. The molecule has 1 aromatic rings. The predicted octanol–water partition coefficient (Wildman–Crippen LogP) is 5.53. The Bertz CT molecular complexity index is 283. The number of unbranched alkanes of at least 4 members (excludes halogenated alkanes) is 2. The molecular formula is C17H28. The van der Waals surface area contributed by atoms with Gasteiger partial charge in [0.05, 0.1) is 0 Å². The third kappa shape index (κ3) is 6.51. The second-order valence-electron chi connectivity index (χ2n) is 5.48. The zero-order chi connectivity index (χ0) is 12.5. The molecule has 0 aromatic heterocycles. The van der Waals surface area contributed by atoms with Crippen molar-refractivity contribution in [1.82, 2.24) is 0 Å². The van der Waals surface area contributed by atoms with Gasteiger partial charge >= 0.3 is 0 Å². The van der Waals surface area contributed by atoms with E-state index in [1.165, 1.54) is 56.1 Å². The van der Waals surface area contributed by atoms with Crippen molar-refractivity contribution in [2.45, 2.75) is 65.7 Å². The maximum absolute atomic E-state index is 2.41. The second-order valence-corrected chi connectivity index (χ2v) is 5.48. The van der Waals surface area contributed by atoms with E-state index in [0.29, 0.717) is 0 Å². The summed E-state index contributed by atoms with van der Waals surface area (Å²) in [6.45, 7) is 6.84. The molecule has 0 N–H and O–H groups in total. The summed E-state index contributed by atoms with van der Waals surface area (Å²) in [5.41, 5.74) is 2.86. The maximum atomic E-state index is 2.41. The minimum atomic E-state index is 0.909. The van der Waals surface area contributed by atoms with E-state index in [-0.39, 0.29) is 0 Å². The zero-order valence-electron chi connectivity index (χ0n) is 11.8. The molecule has 1 aromatic carbocycles. The number of hydrogen-bond acceptors (Lipinski definition) is 0. The molecule has 0 heterocycles. The van der Waals surface area contributed by atoms with E-state index in [4.69, 9.17) is 0 Å². The highest BCUT2D eigenvalue weighted by Gasteiger charge is 2.02. The van der Waals surface area contributed by atoms with Crippen LogP contribution in [0.15, 0.2) is 24.3 Å². The molecule has 0 spiro atoms. The van der Waals surface area contributed by atoms with E-state index < -0.39 is 0 Å². The molecule has 0 aliphatic carbocycles. The van der Waals surface area contributed by atoms with Crippen LogP contribution >= 0.6 is 0 Å². The van der Waals surface area contributed by atoms with Crippen LogP contribution in [0.4, 0.5) is 0 Å². The first-order valence-electron chi connectivity index (χ1n) is 7.28. The van der Waals surface area contributed by atoms with Gasteiger partial charge in [0.1, 0.15) is 0 Å². The van der Waals surface area contributed by atoms with E-state index in [9.17, 15) is 0 Å². The van der Waals surface area contributed by atoms with Crippen molar-refractivity contribution in [1.29, 1.82) is 0 Å². The second kappa shape index (κ2) is 8.33. The Morgan fingerprint density at radius 3 is 2.24 bits per heavy atom. The Hall–Kier alpha value is -0.780. The number of aryl methyl sites for hydroxylation is 2. The molecule has 0 nitrogen and oxygen atoms in total. The highest BCUT2D eigenvalue weighted by Crippen LogP contribution is 2.16. The fourth-order valence-electron chi connectivity index (χ4n) is 2.30. The molecule has 0 saturated carbocycles. The van der Waals surface area contributed by atoms with Crippen molar-refractivity contribution < 1.29 is 0 Å². The summed E-state index contributed by atoms with van der Waals surface area (Å²) in [7, 11) is 0. The third-order valence-electron chi connectivity index (χ3n) is 3.58. The number of benzene rings is 1. The van der Waals surface area contributed by atoms with Crippen LogP contribution in [0.2, 0.25) is 0 Å². The molecule has 0 aliphatic rings. The van der Waals surface area contributed by atoms with Crippen molar-refractivity contribution in [2.75, 3.05) is 0 Å². The SMILES string of the molecule is CCCCCC(C)CCCc1ccc(C)cc1. The molecule has 0 fully saturated rings. The smallest absolute Gasteiger partial charge is 0.0279 e. The predicted molar refractivity (Wildman–Crippen MR) is 77.4 cm³/mol. The van der Waals surface area contributed by atoms with Crippen molar-refractivity contribution in [3.05, 3.63) is 35.4 Å². The Labute approximate surface area is 107 Å². The Kier molecular flexibility index (Phi) is 7.00. The molecule has 0 bridgehead atoms. The topological polar surface area (TPSA) is 0 Å². The molecule has 1 unspecified atom stereocenters. The van der Waals surface area contributed by atoms with Crippen LogP contribution in [0.1, 0.15) is 63.5 Å². The first-order valence-corrected chi connectivity index (χ1v) is 7.28. The van der Waals surface area contributed by atoms with Crippen molar-refractivity contribution in [3.8, 4) is 0 Å². The van der Waals surface area contributed by atoms with E-state index in [0.717, 1.165) is 5.92 Å². The van der Waals surface area contributed by atoms with Gasteiger partial charge in [-0.05, 0) is 31.2 Å². The van der Waals surface area contributed by atoms with Gasteiger partial charge in [-0.2, -0.15) is 0 Å². The van der Waals surface area contributed by atoms with Crippen LogP contribution in [-0.4, -0.2) is 0 Å². The molecule has 1 rings (SSSR count). The van der Waals surface area contributed by atoms with Gasteiger partial charge in [-0.15, -0.1) is 0 Å². The number of hydrogen-bond donors (Lipinski definition) is 0. The first-order chi connectivity index (χ1) is 8.22. The summed E-state index contributed by atoms with van der Waals surface area (Å²) in [6, 6.07) is 8.99. The lowest BCUT2D eigenvalue weighted by Gasteiger charge is -2.10. The van der Waals surface area contributed by atoms with Gasteiger partial charge < -0.3 is 0 Å². The van der Waals surface area contributed by atoms with Gasteiger partial charge in [0, 0.05) is 0 Å². The minimum absolute atomic E-state index is 0.909. The summed E-state index contributed by atoms with van der Waals surface area (Å²) < 4.78 is 0. The van der Waals surface area contributed by atoms with Crippen LogP contribution in [-0.2, 0) is 6.42 Å². The molecular weight excluding hydrogens is 204 g/mol. The summed E-state index contributed by atoms with van der Waals surface area (Å²) >= 11 is 0. The van der Waals surface area contributed by atoms with E-state index in [1.54, 1.807) is 0 Å². The standard InChI is InChI=1S/C17H28/c1-4-5-6-8-15(2)9-7-10-17-13-11-16(3)12-14-17/h11-15H,4-10H2,1-3H3. The fourth-order valence-corrected chi connectivity index (χ4v) is 2.30. The van der Waals surface area contributed by atoms with Crippen LogP contribution in [0, 0.1) is 12.8 Å². The molecule has 1 atom stereocenters. The van der Waals surface area contributed by atoms with Crippen LogP contribution in [0.5, 0.6) is 0 Å². The van der Waals surface area contributed by atoms with Crippen LogP contribution in [0.3, 0.4) is 0 Å². The van der Waals surface area contributed by atoms with E-state index >= 15 is 0 Å². The molecule has 0 heteroatoms. The molecule has 0 radical (unpaired) electrons. The zero-order valence-corrected chi connectivity index (χ0v) is 11.8.